The van der Waals surface area contributed by atoms with Gasteiger partial charge in [-0.15, -0.1) is 0 Å². The molecule has 3 rings (SSSR count). The first-order chi connectivity index (χ1) is 11.3. The van der Waals surface area contributed by atoms with Crippen LogP contribution in [0.2, 0.25) is 0 Å². The second-order valence-corrected chi connectivity index (χ2v) is 5.94. The fourth-order valence-corrected chi connectivity index (χ4v) is 3.28. The summed E-state index contributed by atoms with van der Waals surface area (Å²) in [6, 6.07) is 21.2. The first-order valence-corrected chi connectivity index (χ1v) is 8.40. The van der Waals surface area contributed by atoms with Gasteiger partial charge in [0.1, 0.15) is 0 Å². The lowest BCUT2D eigenvalue weighted by molar-refractivity contribution is -0.131. The molecule has 0 atom stereocenters. The van der Waals surface area contributed by atoms with E-state index in [1.54, 1.807) is 0 Å². The number of piperidine rings is 1. The zero-order chi connectivity index (χ0) is 16.1. The molecule has 0 aliphatic carbocycles. The minimum Gasteiger partial charge on any atom is -0.342 e. The number of amides is 1. The number of carbonyl (C=O) groups excluding carboxylic acids is 1. The van der Waals surface area contributed by atoms with Crippen molar-refractivity contribution in [1.29, 1.82) is 0 Å². The average molecular weight is 305 g/mol. The molecule has 2 nitrogen and oxygen atoms in total. The number of hydrogen-bond acceptors (Lipinski definition) is 1. The van der Waals surface area contributed by atoms with Crippen molar-refractivity contribution in [2.75, 3.05) is 13.1 Å². The van der Waals surface area contributed by atoms with Crippen LogP contribution in [0.5, 0.6) is 0 Å². The van der Waals surface area contributed by atoms with Gasteiger partial charge in [0, 0.05) is 19.5 Å². The van der Waals surface area contributed by atoms with Crippen LogP contribution in [0.15, 0.2) is 66.2 Å². The maximum atomic E-state index is 11.9. The predicted molar refractivity (Wildman–Crippen MR) is 95.0 cm³/mol. The Hall–Kier alpha value is -2.35. The lowest BCUT2D eigenvalue weighted by Gasteiger charge is -2.30. The zero-order valence-corrected chi connectivity index (χ0v) is 13.7. The fourth-order valence-electron chi connectivity index (χ4n) is 3.28. The summed E-state index contributed by atoms with van der Waals surface area (Å²) in [5.41, 5.74) is 5.34. The van der Waals surface area contributed by atoms with E-state index >= 15 is 0 Å². The molecular formula is C21H23NO. The number of benzene rings is 2. The molecule has 0 N–H and O–H groups in total. The van der Waals surface area contributed by atoms with Crippen LogP contribution in [0.4, 0.5) is 0 Å². The number of nitrogens with zero attached hydrogens (tertiary/aromatic N) is 1. The zero-order valence-electron chi connectivity index (χ0n) is 13.7. The van der Waals surface area contributed by atoms with E-state index in [4.69, 9.17) is 0 Å². The summed E-state index contributed by atoms with van der Waals surface area (Å²) in [5, 5.41) is 0. The van der Waals surface area contributed by atoms with Crippen molar-refractivity contribution in [3.05, 3.63) is 77.4 Å². The second kappa shape index (κ2) is 7.28. The predicted octanol–water partition coefficient (Wildman–Crippen LogP) is 4.52. The molecular weight excluding hydrogens is 282 g/mol. The minimum atomic E-state index is 0.269. The van der Waals surface area contributed by atoms with E-state index in [2.05, 4.69) is 60.7 Å². The first kappa shape index (κ1) is 15.5. The highest BCUT2D eigenvalue weighted by Gasteiger charge is 2.21. The van der Waals surface area contributed by atoms with Crippen LogP contribution in [0.25, 0.3) is 5.57 Å². The van der Waals surface area contributed by atoms with Gasteiger partial charge >= 0.3 is 0 Å². The summed E-state index contributed by atoms with van der Waals surface area (Å²) < 4.78 is 0. The standard InChI is InChI=1S/C21H23NO/c1-2-20(23)22-15-13-19(14-16-22)21(17-9-5-3-6-10-17)18-11-7-4-8-12-18/h3-12H,2,13-16H2,1H3. The molecule has 2 heteroatoms. The molecule has 1 saturated heterocycles. The van der Waals surface area contributed by atoms with Crippen molar-refractivity contribution >= 4 is 11.5 Å². The lowest BCUT2D eigenvalue weighted by Crippen LogP contribution is -2.36. The Kier molecular flexibility index (Phi) is 4.92. The van der Waals surface area contributed by atoms with E-state index in [9.17, 15) is 4.79 Å². The number of likely N-dealkylation sites (tertiary alicyclic amines) is 1. The minimum absolute atomic E-state index is 0.269. The normalized spacial score (nSPS) is 14.7. The van der Waals surface area contributed by atoms with Crippen LogP contribution in [0.1, 0.15) is 37.3 Å². The Morgan fingerprint density at radius 1 is 0.870 bits per heavy atom. The highest BCUT2D eigenvalue weighted by Crippen LogP contribution is 2.32. The maximum absolute atomic E-state index is 11.9. The Labute approximate surface area is 138 Å². The van der Waals surface area contributed by atoms with Gasteiger partial charge in [0.2, 0.25) is 5.91 Å². The van der Waals surface area contributed by atoms with Crippen LogP contribution < -0.4 is 0 Å². The van der Waals surface area contributed by atoms with Crippen LogP contribution in [-0.4, -0.2) is 23.9 Å². The molecule has 23 heavy (non-hydrogen) atoms. The van der Waals surface area contributed by atoms with E-state index in [1.807, 2.05) is 11.8 Å². The molecule has 118 valence electrons. The second-order valence-electron chi connectivity index (χ2n) is 5.94. The van der Waals surface area contributed by atoms with E-state index in [0.717, 1.165) is 25.9 Å². The molecule has 2 aromatic carbocycles. The molecule has 1 fully saturated rings. The SMILES string of the molecule is CCC(=O)N1CCC(=C(c2ccccc2)c2ccccc2)CC1. The monoisotopic (exact) mass is 305 g/mol. The van der Waals surface area contributed by atoms with Crippen molar-refractivity contribution in [1.82, 2.24) is 4.90 Å². The highest BCUT2D eigenvalue weighted by atomic mass is 16.2. The fraction of sp³-hybridized carbons (Fsp3) is 0.286. The molecule has 1 aliphatic rings. The van der Waals surface area contributed by atoms with Gasteiger partial charge in [0.05, 0.1) is 0 Å². The Morgan fingerprint density at radius 2 is 1.35 bits per heavy atom. The molecule has 1 aliphatic heterocycles. The Morgan fingerprint density at radius 3 is 1.78 bits per heavy atom. The van der Waals surface area contributed by atoms with Crippen molar-refractivity contribution < 1.29 is 4.79 Å². The van der Waals surface area contributed by atoms with Crippen molar-refractivity contribution in [3.63, 3.8) is 0 Å². The van der Waals surface area contributed by atoms with Gasteiger partial charge in [-0.05, 0) is 29.5 Å². The summed E-state index contributed by atoms with van der Waals surface area (Å²) in [6.07, 6.45) is 2.53. The third-order valence-corrected chi connectivity index (χ3v) is 4.50. The smallest absolute Gasteiger partial charge is 0.222 e. The Balaban J connectivity index is 1.95. The molecule has 1 heterocycles. The molecule has 0 spiro atoms. The van der Waals surface area contributed by atoms with Gasteiger partial charge < -0.3 is 4.90 Å². The van der Waals surface area contributed by atoms with Gasteiger partial charge in [-0.3, -0.25) is 4.79 Å². The average Bonchev–Trinajstić information content (AvgIpc) is 2.64. The van der Waals surface area contributed by atoms with Crippen molar-refractivity contribution in [3.8, 4) is 0 Å². The van der Waals surface area contributed by atoms with Crippen molar-refractivity contribution in [2.24, 2.45) is 0 Å². The largest absolute Gasteiger partial charge is 0.342 e. The van der Waals surface area contributed by atoms with Crippen LogP contribution in [-0.2, 0) is 4.79 Å². The third kappa shape index (κ3) is 3.53. The van der Waals surface area contributed by atoms with Gasteiger partial charge in [-0.1, -0.05) is 73.2 Å². The molecule has 0 bridgehead atoms. The van der Waals surface area contributed by atoms with Gasteiger partial charge in [-0.2, -0.15) is 0 Å². The van der Waals surface area contributed by atoms with E-state index in [1.165, 1.54) is 22.3 Å². The molecule has 0 radical (unpaired) electrons. The quantitative estimate of drug-likeness (QED) is 0.816. The topological polar surface area (TPSA) is 20.3 Å². The number of carbonyl (C=O) groups is 1. The van der Waals surface area contributed by atoms with Crippen LogP contribution in [0.3, 0.4) is 0 Å². The maximum Gasteiger partial charge on any atom is 0.222 e. The van der Waals surface area contributed by atoms with E-state index in [0.29, 0.717) is 6.42 Å². The molecule has 2 aromatic rings. The highest BCUT2D eigenvalue weighted by molar-refractivity contribution is 5.82. The number of hydrogen-bond donors (Lipinski definition) is 0. The molecule has 0 saturated carbocycles. The summed E-state index contributed by atoms with van der Waals surface area (Å²) in [7, 11) is 0. The summed E-state index contributed by atoms with van der Waals surface area (Å²) in [4.78, 5) is 13.9. The van der Waals surface area contributed by atoms with E-state index < -0.39 is 0 Å². The van der Waals surface area contributed by atoms with Crippen molar-refractivity contribution in [2.45, 2.75) is 26.2 Å². The van der Waals surface area contributed by atoms with Gasteiger partial charge in [-0.25, -0.2) is 0 Å². The molecule has 0 unspecified atom stereocenters. The lowest BCUT2D eigenvalue weighted by atomic mass is 9.88. The summed E-state index contributed by atoms with van der Waals surface area (Å²) in [5.74, 6) is 0.269. The third-order valence-electron chi connectivity index (χ3n) is 4.50. The van der Waals surface area contributed by atoms with Crippen LogP contribution in [0, 0.1) is 0 Å². The summed E-state index contributed by atoms with van der Waals surface area (Å²) >= 11 is 0. The molecule has 0 aromatic heterocycles. The Bertz CT molecular complexity index is 637. The summed E-state index contributed by atoms with van der Waals surface area (Å²) in [6.45, 7) is 3.61. The van der Waals surface area contributed by atoms with E-state index in [-0.39, 0.29) is 5.91 Å². The van der Waals surface area contributed by atoms with Crippen LogP contribution >= 0.6 is 0 Å². The first-order valence-electron chi connectivity index (χ1n) is 8.40. The van der Waals surface area contributed by atoms with Gasteiger partial charge in [0.25, 0.3) is 0 Å². The molecule has 1 amide bonds. The number of rotatable bonds is 3. The van der Waals surface area contributed by atoms with Gasteiger partial charge in [0.15, 0.2) is 0 Å².